The predicted molar refractivity (Wildman–Crippen MR) is 112 cm³/mol. The fourth-order valence-electron chi connectivity index (χ4n) is 4.00. The molecule has 1 aliphatic rings. The minimum Gasteiger partial charge on any atom is -0.497 e. The molecular weight excluding hydrogens is 383 g/mol. The van der Waals surface area contributed by atoms with E-state index in [0.29, 0.717) is 29.0 Å². The van der Waals surface area contributed by atoms with Crippen molar-refractivity contribution in [3.05, 3.63) is 77.9 Å². The van der Waals surface area contributed by atoms with E-state index in [1.165, 1.54) is 12.3 Å². The Labute approximate surface area is 175 Å². The smallest absolute Gasteiger partial charge is 0.254 e. The maximum absolute atomic E-state index is 13.5. The molecule has 30 heavy (non-hydrogen) atoms. The maximum atomic E-state index is 13.5. The highest BCUT2D eigenvalue weighted by Gasteiger charge is 2.31. The van der Waals surface area contributed by atoms with Gasteiger partial charge in [0.15, 0.2) is 0 Å². The maximum Gasteiger partial charge on any atom is 0.254 e. The summed E-state index contributed by atoms with van der Waals surface area (Å²) in [4.78, 5) is 18.8. The van der Waals surface area contributed by atoms with Gasteiger partial charge in [0.1, 0.15) is 11.5 Å². The second-order valence-electron chi connectivity index (χ2n) is 7.22. The van der Waals surface area contributed by atoms with Crippen LogP contribution in [0.15, 0.2) is 60.8 Å². The molecule has 1 aliphatic heterocycles. The molecule has 3 aromatic rings. The lowest BCUT2D eigenvalue weighted by molar-refractivity contribution is 0.0735. The number of pyridine rings is 1. The van der Waals surface area contributed by atoms with Crippen molar-refractivity contribution in [3.8, 4) is 22.6 Å². The van der Waals surface area contributed by atoms with Crippen molar-refractivity contribution >= 4 is 5.91 Å². The fraction of sp³-hybridized carbons (Fsp3) is 0.250. The number of carbonyl (C=O) groups is 1. The van der Waals surface area contributed by atoms with Crippen molar-refractivity contribution in [2.75, 3.05) is 20.8 Å². The first-order valence-electron chi connectivity index (χ1n) is 9.85. The zero-order valence-electron chi connectivity index (χ0n) is 17.0. The molecule has 0 bridgehead atoms. The van der Waals surface area contributed by atoms with Gasteiger partial charge in [-0.15, -0.1) is 0 Å². The second-order valence-corrected chi connectivity index (χ2v) is 7.22. The Morgan fingerprint density at radius 2 is 1.97 bits per heavy atom. The minimum absolute atomic E-state index is 0.00700. The summed E-state index contributed by atoms with van der Waals surface area (Å²) in [6, 6.07) is 16.2. The summed E-state index contributed by atoms with van der Waals surface area (Å²) in [7, 11) is 3.18. The molecule has 0 saturated carbocycles. The molecule has 0 N–H and O–H groups in total. The van der Waals surface area contributed by atoms with Crippen molar-refractivity contribution in [2.45, 2.75) is 18.9 Å². The van der Waals surface area contributed by atoms with Crippen LogP contribution in [-0.4, -0.2) is 36.6 Å². The third-order valence-electron chi connectivity index (χ3n) is 5.48. The van der Waals surface area contributed by atoms with Gasteiger partial charge in [0.2, 0.25) is 5.95 Å². The van der Waals surface area contributed by atoms with E-state index < -0.39 is 5.95 Å². The van der Waals surface area contributed by atoms with Gasteiger partial charge in [-0.25, -0.2) is 4.98 Å². The van der Waals surface area contributed by atoms with Gasteiger partial charge in [0, 0.05) is 29.9 Å². The zero-order chi connectivity index (χ0) is 21.1. The molecule has 1 fully saturated rings. The van der Waals surface area contributed by atoms with Gasteiger partial charge >= 0.3 is 0 Å². The molecule has 5 nitrogen and oxygen atoms in total. The summed E-state index contributed by atoms with van der Waals surface area (Å²) in [6.45, 7) is 0.695. The lowest BCUT2D eigenvalue weighted by Crippen LogP contribution is -2.30. The second kappa shape index (κ2) is 8.53. The molecule has 1 aromatic heterocycles. The van der Waals surface area contributed by atoms with E-state index in [1.807, 2.05) is 29.2 Å². The molecule has 0 aliphatic carbocycles. The number of ether oxygens (including phenoxy) is 2. The van der Waals surface area contributed by atoms with Crippen molar-refractivity contribution in [3.63, 3.8) is 0 Å². The summed E-state index contributed by atoms with van der Waals surface area (Å²) in [5.41, 5.74) is 2.96. The number of amides is 1. The first-order chi connectivity index (χ1) is 14.6. The number of aromatic nitrogens is 1. The van der Waals surface area contributed by atoms with E-state index in [9.17, 15) is 9.18 Å². The van der Waals surface area contributed by atoms with Gasteiger partial charge in [-0.1, -0.05) is 12.1 Å². The summed E-state index contributed by atoms with van der Waals surface area (Å²) in [6.07, 6.45) is 3.26. The number of carbonyl (C=O) groups excluding carboxylic acids is 1. The first-order valence-corrected chi connectivity index (χ1v) is 9.85. The van der Waals surface area contributed by atoms with E-state index in [-0.39, 0.29) is 11.9 Å². The molecular formula is C24H23FN2O3. The van der Waals surface area contributed by atoms with Gasteiger partial charge in [0.25, 0.3) is 5.91 Å². The van der Waals surface area contributed by atoms with Crippen molar-refractivity contribution in [1.82, 2.24) is 9.88 Å². The molecule has 0 radical (unpaired) electrons. The molecule has 154 valence electrons. The number of nitrogens with zero attached hydrogens (tertiary/aromatic N) is 2. The quantitative estimate of drug-likeness (QED) is 0.567. The van der Waals surface area contributed by atoms with Crippen molar-refractivity contribution in [1.29, 1.82) is 0 Å². The average molecular weight is 406 g/mol. The Hall–Kier alpha value is -3.41. The molecule has 4 rings (SSSR count). The lowest BCUT2D eigenvalue weighted by Gasteiger charge is -2.26. The summed E-state index contributed by atoms with van der Waals surface area (Å²) in [5.74, 6) is 0.685. The largest absolute Gasteiger partial charge is 0.497 e. The summed E-state index contributed by atoms with van der Waals surface area (Å²) < 4.78 is 24.4. The molecule has 1 unspecified atom stereocenters. The monoisotopic (exact) mass is 406 g/mol. The summed E-state index contributed by atoms with van der Waals surface area (Å²) in [5, 5.41) is 0. The van der Waals surface area contributed by atoms with Gasteiger partial charge in [0.05, 0.1) is 20.3 Å². The third-order valence-corrected chi connectivity index (χ3v) is 5.48. The van der Waals surface area contributed by atoms with Crippen molar-refractivity contribution in [2.24, 2.45) is 0 Å². The van der Waals surface area contributed by atoms with Crippen LogP contribution in [0.2, 0.25) is 0 Å². The highest BCUT2D eigenvalue weighted by Crippen LogP contribution is 2.36. The Bertz CT molecular complexity index is 1070. The Morgan fingerprint density at radius 1 is 1.10 bits per heavy atom. The van der Waals surface area contributed by atoms with Crippen LogP contribution >= 0.6 is 0 Å². The Morgan fingerprint density at radius 3 is 2.73 bits per heavy atom. The number of halogens is 1. The third kappa shape index (κ3) is 3.85. The van der Waals surface area contributed by atoms with Crippen LogP contribution in [-0.2, 0) is 0 Å². The fourth-order valence-corrected chi connectivity index (χ4v) is 4.00. The van der Waals surface area contributed by atoms with Gasteiger partial charge in [-0.2, -0.15) is 4.39 Å². The number of hydrogen-bond donors (Lipinski definition) is 0. The van der Waals surface area contributed by atoms with E-state index >= 15 is 0 Å². The molecule has 1 saturated heterocycles. The minimum atomic E-state index is -0.562. The van der Waals surface area contributed by atoms with Crippen LogP contribution in [0.1, 0.15) is 34.8 Å². The number of rotatable bonds is 5. The van der Waals surface area contributed by atoms with Crippen LogP contribution in [0.4, 0.5) is 4.39 Å². The molecule has 0 spiro atoms. The van der Waals surface area contributed by atoms with Crippen LogP contribution in [0.3, 0.4) is 0 Å². The number of hydrogen-bond acceptors (Lipinski definition) is 4. The number of likely N-dealkylation sites (tertiary alicyclic amines) is 1. The Kier molecular flexibility index (Phi) is 5.65. The topological polar surface area (TPSA) is 51.7 Å². The van der Waals surface area contributed by atoms with Crippen LogP contribution < -0.4 is 9.47 Å². The van der Waals surface area contributed by atoms with Gasteiger partial charge in [-0.3, -0.25) is 4.79 Å². The normalized spacial score (nSPS) is 15.8. The zero-order valence-corrected chi connectivity index (χ0v) is 17.0. The summed E-state index contributed by atoms with van der Waals surface area (Å²) >= 11 is 0. The standard InChI is InChI=1S/C24H23FN2O3/c1-29-19-6-3-5-17(13-19)21-7-4-12-27(21)24(28)18-8-9-20(22(14-18)30-2)16-10-11-26-23(25)15-16/h3,5-6,8-11,13-15,21H,4,7,12H2,1-2H3. The lowest BCUT2D eigenvalue weighted by atomic mass is 10.0. The van der Waals surface area contributed by atoms with Crippen LogP contribution in [0, 0.1) is 5.95 Å². The van der Waals surface area contributed by atoms with E-state index in [1.54, 1.807) is 38.5 Å². The molecule has 2 aromatic carbocycles. The van der Waals surface area contributed by atoms with Gasteiger partial charge < -0.3 is 14.4 Å². The number of benzene rings is 2. The van der Waals surface area contributed by atoms with Gasteiger partial charge in [-0.05, 0) is 60.4 Å². The first kappa shape index (κ1) is 19.9. The highest BCUT2D eigenvalue weighted by molar-refractivity contribution is 5.96. The SMILES string of the molecule is COc1cccc(C2CCCN2C(=O)c2ccc(-c3ccnc(F)c3)c(OC)c2)c1. The van der Waals surface area contributed by atoms with Crippen LogP contribution in [0.25, 0.3) is 11.1 Å². The predicted octanol–water partition coefficient (Wildman–Crippen LogP) is 4.88. The van der Waals surface area contributed by atoms with E-state index in [2.05, 4.69) is 4.98 Å². The molecule has 1 amide bonds. The van der Waals surface area contributed by atoms with Crippen LogP contribution in [0.5, 0.6) is 11.5 Å². The van der Waals surface area contributed by atoms with E-state index in [4.69, 9.17) is 9.47 Å². The molecule has 6 heteroatoms. The van der Waals surface area contributed by atoms with E-state index in [0.717, 1.165) is 24.2 Å². The Balaban J connectivity index is 1.64. The molecule has 1 atom stereocenters. The van der Waals surface area contributed by atoms with Crippen molar-refractivity contribution < 1.29 is 18.7 Å². The molecule has 2 heterocycles. The average Bonchev–Trinajstić information content (AvgIpc) is 3.28. The highest BCUT2D eigenvalue weighted by atomic mass is 19.1. The number of methoxy groups -OCH3 is 2.